The van der Waals surface area contributed by atoms with E-state index in [1.54, 1.807) is 17.9 Å². The quantitative estimate of drug-likeness (QED) is 0.859. The van der Waals surface area contributed by atoms with Gasteiger partial charge in [-0.25, -0.2) is 0 Å². The van der Waals surface area contributed by atoms with Crippen molar-refractivity contribution in [2.24, 2.45) is 0 Å². The topological polar surface area (TPSA) is 69.6 Å². The van der Waals surface area contributed by atoms with E-state index in [-0.39, 0.29) is 17.9 Å². The normalized spacial score (nSPS) is 19.9. The van der Waals surface area contributed by atoms with Crippen molar-refractivity contribution in [3.05, 3.63) is 22.4 Å². The minimum atomic E-state index is -0.428. The highest BCUT2D eigenvalue weighted by Crippen LogP contribution is 2.22. The maximum absolute atomic E-state index is 12.3. The Balaban J connectivity index is 1.93. The molecule has 0 spiro atoms. The summed E-state index contributed by atoms with van der Waals surface area (Å²) in [5, 5.41) is 13.8. The van der Waals surface area contributed by atoms with E-state index in [0.29, 0.717) is 30.8 Å². The van der Waals surface area contributed by atoms with Crippen molar-refractivity contribution in [3.63, 3.8) is 0 Å². The molecule has 1 fully saturated rings. The first-order valence-electron chi connectivity index (χ1n) is 6.90. The van der Waals surface area contributed by atoms with Gasteiger partial charge in [-0.3, -0.25) is 9.59 Å². The van der Waals surface area contributed by atoms with Gasteiger partial charge in [0.1, 0.15) is 6.04 Å². The number of hydrogen-bond acceptors (Lipinski definition) is 4. The van der Waals surface area contributed by atoms with E-state index in [9.17, 15) is 14.7 Å². The standard InChI is InChI=1S/C14H20N2O3S/c1-10(17)6-7-15-13(18)11-4-2-8-16(11)14(19)12-5-3-9-20-12/h3,5,9-11,17H,2,4,6-8H2,1H3,(H,15,18)/t10?,11-/m0/s1. The molecule has 1 aromatic rings. The Labute approximate surface area is 122 Å². The van der Waals surface area contributed by atoms with Crippen molar-refractivity contribution in [1.82, 2.24) is 10.2 Å². The third kappa shape index (κ3) is 3.58. The highest BCUT2D eigenvalue weighted by atomic mass is 32.1. The van der Waals surface area contributed by atoms with Crippen LogP contribution in [0.2, 0.25) is 0 Å². The van der Waals surface area contributed by atoms with Crippen molar-refractivity contribution in [2.45, 2.75) is 38.3 Å². The number of likely N-dealkylation sites (tertiary alicyclic amines) is 1. The van der Waals surface area contributed by atoms with Crippen LogP contribution in [0.25, 0.3) is 0 Å². The predicted octanol–water partition coefficient (Wildman–Crippen LogP) is 1.24. The fraction of sp³-hybridized carbons (Fsp3) is 0.571. The molecular formula is C14H20N2O3S. The van der Waals surface area contributed by atoms with Gasteiger partial charge >= 0.3 is 0 Å². The van der Waals surface area contributed by atoms with Crippen molar-refractivity contribution >= 4 is 23.2 Å². The summed E-state index contributed by atoms with van der Waals surface area (Å²) in [6, 6.07) is 3.25. The Hall–Kier alpha value is -1.40. The fourth-order valence-electron chi connectivity index (χ4n) is 2.35. The number of aliphatic hydroxyl groups is 1. The molecule has 2 heterocycles. The smallest absolute Gasteiger partial charge is 0.264 e. The molecule has 6 heteroatoms. The summed E-state index contributed by atoms with van der Waals surface area (Å²) in [4.78, 5) is 26.8. The lowest BCUT2D eigenvalue weighted by Crippen LogP contribution is -2.46. The molecule has 0 saturated carbocycles. The molecule has 1 aliphatic rings. The number of aliphatic hydroxyl groups excluding tert-OH is 1. The van der Waals surface area contributed by atoms with Crippen LogP contribution >= 0.6 is 11.3 Å². The number of carbonyl (C=O) groups excluding carboxylic acids is 2. The summed E-state index contributed by atoms with van der Waals surface area (Å²) in [5.41, 5.74) is 0. The van der Waals surface area contributed by atoms with Crippen LogP contribution < -0.4 is 5.32 Å². The fourth-order valence-corrected chi connectivity index (χ4v) is 3.03. The highest BCUT2D eigenvalue weighted by Gasteiger charge is 2.34. The number of thiophene rings is 1. The molecule has 1 unspecified atom stereocenters. The number of nitrogens with zero attached hydrogens (tertiary/aromatic N) is 1. The summed E-state index contributed by atoms with van der Waals surface area (Å²) in [5.74, 6) is -0.179. The molecule has 0 radical (unpaired) electrons. The van der Waals surface area contributed by atoms with E-state index in [2.05, 4.69) is 5.32 Å². The molecule has 2 atom stereocenters. The van der Waals surface area contributed by atoms with Gasteiger partial charge in [-0.2, -0.15) is 0 Å². The lowest BCUT2D eigenvalue weighted by molar-refractivity contribution is -0.124. The number of amides is 2. The summed E-state index contributed by atoms with van der Waals surface area (Å²) in [7, 11) is 0. The van der Waals surface area contributed by atoms with Gasteiger partial charge in [-0.1, -0.05) is 6.07 Å². The lowest BCUT2D eigenvalue weighted by atomic mass is 10.2. The minimum Gasteiger partial charge on any atom is -0.393 e. The van der Waals surface area contributed by atoms with Gasteiger partial charge in [0.25, 0.3) is 5.91 Å². The molecule has 1 saturated heterocycles. The molecule has 0 bridgehead atoms. The van der Waals surface area contributed by atoms with Gasteiger partial charge in [0.05, 0.1) is 11.0 Å². The third-order valence-electron chi connectivity index (χ3n) is 3.41. The SMILES string of the molecule is CC(O)CCNC(=O)[C@@H]1CCCN1C(=O)c1cccs1. The van der Waals surface area contributed by atoms with E-state index in [1.807, 2.05) is 11.4 Å². The third-order valence-corrected chi connectivity index (χ3v) is 4.27. The molecule has 2 N–H and O–H groups in total. The molecular weight excluding hydrogens is 276 g/mol. The van der Waals surface area contributed by atoms with Crippen LogP contribution in [-0.4, -0.2) is 47.1 Å². The number of hydrogen-bond donors (Lipinski definition) is 2. The first kappa shape index (κ1) is 15.0. The Kier molecular flexibility index (Phi) is 5.14. The highest BCUT2D eigenvalue weighted by molar-refractivity contribution is 7.12. The van der Waals surface area contributed by atoms with E-state index >= 15 is 0 Å². The van der Waals surface area contributed by atoms with Crippen LogP contribution in [0, 0.1) is 0 Å². The molecule has 2 amide bonds. The maximum atomic E-state index is 12.3. The lowest BCUT2D eigenvalue weighted by Gasteiger charge is -2.23. The zero-order valence-electron chi connectivity index (χ0n) is 11.5. The van der Waals surface area contributed by atoms with E-state index in [1.165, 1.54) is 11.3 Å². The largest absolute Gasteiger partial charge is 0.393 e. The molecule has 0 aromatic carbocycles. The zero-order valence-corrected chi connectivity index (χ0v) is 12.4. The Morgan fingerprint density at radius 1 is 1.60 bits per heavy atom. The van der Waals surface area contributed by atoms with Crippen LogP contribution in [-0.2, 0) is 4.79 Å². The first-order chi connectivity index (χ1) is 9.59. The predicted molar refractivity (Wildman–Crippen MR) is 77.7 cm³/mol. The van der Waals surface area contributed by atoms with Gasteiger partial charge in [0.15, 0.2) is 0 Å². The van der Waals surface area contributed by atoms with Gasteiger partial charge < -0.3 is 15.3 Å². The van der Waals surface area contributed by atoms with Gasteiger partial charge in [0.2, 0.25) is 5.91 Å². The second-order valence-electron chi connectivity index (χ2n) is 5.06. The van der Waals surface area contributed by atoms with Crippen LogP contribution in [0.1, 0.15) is 35.9 Å². The van der Waals surface area contributed by atoms with Gasteiger partial charge in [-0.05, 0) is 37.6 Å². The van der Waals surface area contributed by atoms with Gasteiger partial charge in [-0.15, -0.1) is 11.3 Å². The van der Waals surface area contributed by atoms with Crippen LogP contribution in [0.4, 0.5) is 0 Å². The van der Waals surface area contributed by atoms with Gasteiger partial charge in [0, 0.05) is 13.1 Å². The molecule has 110 valence electrons. The molecule has 0 aliphatic carbocycles. The average Bonchev–Trinajstić information content (AvgIpc) is 3.08. The molecule has 1 aliphatic heterocycles. The van der Waals surface area contributed by atoms with Crippen LogP contribution in [0.15, 0.2) is 17.5 Å². The first-order valence-corrected chi connectivity index (χ1v) is 7.78. The summed E-state index contributed by atoms with van der Waals surface area (Å²) >= 11 is 1.40. The Bertz CT molecular complexity index is 459. The number of nitrogens with one attached hydrogen (secondary N) is 1. The van der Waals surface area contributed by atoms with E-state index < -0.39 is 6.10 Å². The minimum absolute atomic E-state index is 0.0619. The molecule has 2 rings (SSSR count). The molecule has 20 heavy (non-hydrogen) atoms. The maximum Gasteiger partial charge on any atom is 0.264 e. The summed E-state index contributed by atoms with van der Waals surface area (Å²) < 4.78 is 0. The summed E-state index contributed by atoms with van der Waals surface area (Å²) in [6.07, 6.45) is 1.66. The number of carbonyl (C=O) groups is 2. The zero-order chi connectivity index (χ0) is 14.5. The summed E-state index contributed by atoms with van der Waals surface area (Å²) in [6.45, 7) is 2.76. The van der Waals surface area contributed by atoms with E-state index in [0.717, 1.165) is 6.42 Å². The second kappa shape index (κ2) is 6.85. The second-order valence-corrected chi connectivity index (χ2v) is 6.01. The van der Waals surface area contributed by atoms with Crippen molar-refractivity contribution < 1.29 is 14.7 Å². The van der Waals surface area contributed by atoms with E-state index in [4.69, 9.17) is 0 Å². The monoisotopic (exact) mass is 296 g/mol. The van der Waals surface area contributed by atoms with Crippen LogP contribution in [0.3, 0.4) is 0 Å². The van der Waals surface area contributed by atoms with Crippen LogP contribution in [0.5, 0.6) is 0 Å². The van der Waals surface area contributed by atoms with Crippen molar-refractivity contribution in [1.29, 1.82) is 0 Å². The number of rotatable bonds is 5. The van der Waals surface area contributed by atoms with Crippen molar-refractivity contribution in [3.8, 4) is 0 Å². The molecule has 1 aromatic heterocycles. The average molecular weight is 296 g/mol. The molecule has 5 nitrogen and oxygen atoms in total. The Morgan fingerprint density at radius 2 is 2.40 bits per heavy atom. The van der Waals surface area contributed by atoms with Crippen molar-refractivity contribution in [2.75, 3.05) is 13.1 Å². The Morgan fingerprint density at radius 3 is 3.05 bits per heavy atom.